The average Bonchev–Trinajstić information content (AvgIpc) is 2.76. The van der Waals surface area contributed by atoms with E-state index in [1.165, 1.54) is 0 Å². The summed E-state index contributed by atoms with van der Waals surface area (Å²) in [5.41, 5.74) is 6.05. The van der Waals surface area contributed by atoms with Crippen molar-refractivity contribution in [3.8, 4) is 0 Å². The summed E-state index contributed by atoms with van der Waals surface area (Å²) >= 11 is 0. The van der Waals surface area contributed by atoms with Crippen molar-refractivity contribution in [1.29, 1.82) is 0 Å². The van der Waals surface area contributed by atoms with Crippen LogP contribution >= 0.6 is 0 Å². The Kier molecular flexibility index (Phi) is 13.3. The Balaban J connectivity index is 2.17. The van der Waals surface area contributed by atoms with Crippen LogP contribution in [0.1, 0.15) is 60.3 Å². The Labute approximate surface area is 209 Å². The van der Waals surface area contributed by atoms with E-state index in [1.54, 1.807) is 24.3 Å². The van der Waals surface area contributed by atoms with E-state index in [9.17, 15) is 14.4 Å². The molecule has 0 radical (unpaired) electrons. The molecule has 0 aliphatic heterocycles. The van der Waals surface area contributed by atoms with Crippen LogP contribution in [-0.4, -0.2) is 61.9 Å². The lowest BCUT2D eigenvalue weighted by molar-refractivity contribution is -0.127. The van der Waals surface area contributed by atoms with Crippen molar-refractivity contribution in [1.82, 2.24) is 16.0 Å². The summed E-state index contributed by atoms with van der Waals surface area (Å²) in [6.07, 6.45) is 1.54. The summed E-state index contributed by atoms with van der Waals surface area (Å²) in [5.74, 6) is -0.525. The predicted molar refractivity (Wildman–Crippen MR) is 138 cm³/mol. The Morgan fingerprint density at radius 1 is 0.943 bits per heavy atom. The van der Waals surface area contributed by atoms with Crippen molar-refractivity contribution in [2.24, 2.45) is 0 Å². The van der Waals surface area contributed by atoms with Gasteiger partial charge in [-0.3, -0.25) is 19.7 Å². The molecule has 0 spiro atoms. The van der Waals surface area contributed by atoms with Crippen LogP contribution in [0.3, 0.4) is 0 Å². The van der Waals surface area contributed by atoms with E-state index in [0.717, 1.165) is 0 Å². The van der Waals surface area contributed by atoms with E-state index in [4.69, 9.17) is 15.2 Å². The number of rotatable bonds is 17. The Morgan fingerprint density at radius 2 is 1.60 bits per heavy atom. The second kappa shape index (κ2) is 15.3. The lowest BCUT2D eigenvalue weighted by atomic mass is 10.0. The highest BCUT2D eigenvalue weighted by molar-refractivity contribution is 5.92. The van der Waals surface area contributed by atoms with Crippen molar-refractivity contribution in [3.63, 3.8) is 0 Å². The van der Waals surface area contributed by atoms with Gasteiger partial charge in [-0.15, -0.1) is 0 Å². The van der Waals surface area contributed by atoms with Gasteiger partial charge in [0, 0.05) is 49.5 Å². The molecule has 0 saturated carbocycles. The first-order valence-electron chi connectivity index (χ1n) is 12.1. The Hall–Kier alpha value is -2.69. The van der Waals surface area contributed by atoms with Gasteiger partial charge >= 0.3 is 0 Å². The van der Waals surface area contributed by atoms with Gasteiger partial charge < -0.3 is 31.2 Å². The van der Waals surface area contributed by atoms with Gasteiger partial charge in [0.15, 0.2) is 0 Å². The maximum atomic E-state index is 12.1. The third-order valence-corrected chi connectivity index (χ3v) is 5.23. The number of hydrogen-bond acceptors (Lipinski definition) is 7. The molecule has 0 bridgehead atoms. The van der Waals surface area contributed by atoms with Gasteiger partial charge in [0.2, 0.25) is 17.7 Å². The number of anilines is 2. The second-order valence-corrected chi connectivity index (χ2v) is 9.62. The lowest BCUT2D eigenvalue weighted by Crippen LogP contribution is -2.44. The van der Waals surface area contributed by atoms with Gasteiger partial charge in [-0.1, -0.05) is 0 Å². The zero-order valence-electron chi connectivity index (χ0n) is 21.8. The SMILES string of the molecule is CCOCCC(C)(C)NC(=O)CCC(=O)NCCC(C)(C)OCNCC(=O)Nc1ccc(N)cc1. The Bertz CT molecular complexity index is 796. The minimum atomic E-state index is -0.504. The van der Waals surface area contributed by atoms with Gasteiger partial charge in [0.25, 0.3) is 0 Å². The fourth-order valence-electron chi connectivity index (χ4n) is 3.05. The smallest absolute Gasteiger partial charge is 0.238 e. The molecule has 0 atom stereocenters. The normalized spacial score (nSPS) is 11.7. The monoisotopic (exact) mass is 493 g/mol. The predicted octanol–water partition coefficient (Wildman–Crippen LogP) is 2.16. The standard InChI is InChI=1S/C25H43N5O5/c1-6-34-16-14-24(2,3)30-22(32)12-11-21(31)28-15-13-25(4,5)35-18-27-17-23(33)29-20-9-7-19(26)8-10-20/h7-10,27H,6,11-18,26H2,1-5H3,(H,28,31)(H,29,33)(H,30,32). The molecule has 10 nitrogen and oxygen atoms in total. The molecule has 0 heterocycles. The highest BCUT2D eigenvalue weighted by Gasteiger charge is 2.21. The van der Waals surface area contributed by atoms with E-state index in [2.05, 4.69) is 21.3 Å². The van der Waals surface area contributed by atoms with Crippen LogP contribution in [-0.2, 0) is 23.9 Å². The largest absolute Gasteiger partial charge is 0.399 e. The zero-order chi connectivity index (χ0) is 26.3. The molecule has 0 saturated heterocycles. The van der Waals surface area contributed by atoms with Gasteiger partial charge in [0.1, 0.15) is 0 Å². The van der Waals surface area contributed by atoms with Crippen LogP contribution in [0, 0.1) is 0 Å². The molecule has 6 N–H and O–H groups in total. The van der Waals surface area contributed by atoms with E-state index < -0.39 is 5.60 Å². The number of nitrogens with one attached hydrogen (secondary N) is 4. The lowest BCUT2D eigenvalue weighted by Gasteiger charge is -2.26. The first-order chi connectivity index (χ1) is 16.4. The summed E-state index contributed by atoms with van der Waals surface area (Å²) in [6, 6.07) is 6.90. The third-order valence-electron chi connectivity index (χ3n) is 5.23. The number of ether oxygens (including phenoxy) is 2. The molecule has 1 aromatic carbocycles. The summed E-state index contributed by atoms with van der Waals surface area (Å²) in [6.45, 7) is 11.6. The topological polar surface area (TPSA) is 144 Å². The van der Waals surface area contributed by atoms with Gasteiger partial charge in [-0.2, -0.15) is 0 Å². The quantitative estimate of drug-likeness (QED) is 0.127. The minimum Gasteiger partial charge on any atom is -0.399 e. The van der Waals surface area contributed by atoms with Crippen LogP contribution < -0.4 is 27.0 Å². The minimum absolute atomic E-state index is 0.0989. The molecule has 1 rings (SSSR count). The van der Waals surface area contributed by atoms with E-state index in [1.807, 2.05) is 34.6 Å². The molecule has 35 heavy (non-hydrogen) atoms. The number of benzene rings is 1. The molecule has 0 fully saturated rings. The fraction of sp³-hybridized carbons (Fsp3) is 0.640. The maximum absolute atomic E-state index is 12.1. The van der Waals surface area contributed by atoms with Gasteiger partial charge in [-0.25, -0.2) is 0 Å². The first kappa shape index (κ1) is 30.3. The molecule has 0 unspecified atom stereocenters. The van der Waals surface area contributed by atoms with Crippen molar-refractivity contribution in [2.45, 2.75) is 71.4 Å². The van der Waals surface area contributed by atoms with Crippen LogP contribution in [0.5, 0.6) is 0 Å². The highest BCUT2D eigenvalue weighted by atomic mass is 16.5. The van der Waals surface area contributed by atoms with Crippen LogP contribution in [0.25, 0.3) is 0 Å². The summed E-state index contributed by atoms with van der Waals surface area (Å²) in [4.78, 5) is 36.2. The van der Waals surface area contributed by atoms with Gasteiger partial charge in [-0.05, 0) is 71.7 Å². The third kappa shape index (κ3) is 15.0. The molecule has 10 heteroatoms. The van der Waals surface area contributed by atoms with Crippen LogP contribution in [0.2, 0.25) is 0 Å². The van der Waals surface area contributed by atoms with Crippen molar-refractivity contribution < 1.29 is 23.9 Å². The highest BCUT2D eigenvalue weighted by Crippen LogP contribution is 2.13. The number of carbonyl (C=O) groups is 3. The average molecular weight is 494 g/mol. The van der Waals surface area contributed by atoms with E-state index in [0.29, 0.717) is 44.0 Å². The molecule has 0 aliphatic carbocycles. The molecule has 198 valence electrons. The molecular formula is C25H43N5O5. The van der Waals surface area contributed by atoms with Crippen LogP contribution in [0.15, 0.2) is 24.3 Å². The van der Waals surface area contributed by atoms with E-state index in [-0.39, 0.29) is 49.4 Å². The molecule has 3 amide bonds. The van der Waals surface area contributed by atoms with Gasteiger partial charge in [0.05, 0.1) is 18.9 Å². The molecule has 1 aromatic rings. The van der Waals surface area contributed by atoms with Crippen molar-refractivity contribution >= 4 is 29.1 Å². The fourth-order valence-corrected chi connectivity index (χ4v) is 3.05. The number of nitrogens with two attached hydrogens (primary N) is 1. The first-order valence-corrected chi connectivity index (χ1v) is 12.1. The number of hydrogen-bond donors (Lipinski definition) is 5. The molecule has 0 aromatic heterocycles. The number of amides is 3. The maximum Gasteiger partial charge on any atom is 0.238 e. The second-order valence-electron chi connectivity index (χ2n) is 9.62. The van der Waals surface area contributed by atoms with Crippen molar-refractivity contribution in [2.75, 3.05) is 44.1 Å². The zero-order valence-corrected chi connectivity index (χ0v) is 21.8. The summed E-state index contributed by atoms with van der Waals surface area (Å²) in [7, 11) is 0. The summed E-state index contributed by atoms with van der Waals surface area (Å²) in [5, 5.41) is 11.5. The molecular weight excluding hydrogens is 450 g/mol. The summed E-state index contributed by atoms with van der Waals surface area (Å²) < 4.78 is 11.1. The van der Waals surface area contributed by atoms with E-state index >= 15 is 0 Å². The molecule has 0 aliphatic rings. The number of carbonyl (C=O) groups excluding carboxylic acids is 3. The number of nitrogen functional groups attached to an aromatic ring is 1. The van der Waals surface area contributed by atoms with Crippen molar-refractivity contribution in [3.05, 3.63) is 24.3 Å². The van der Waals surface area contributed by atoms with Crippen LogP contribution in [0.4, 0.5) is 11.4 Å². The Morgan fingerprint density at radius 3 is 2.26 bits per heavy atom.